The molecule has 1 amide bonds. The van der Waals surface area contributed by atoms with Crippen molar-refractivity contribution in [1.82, 2.24) is 5.32 Å². The molecule has 3 nitrogen and oxygen atoms in total. The van der Waals surface area contributed by atoms with Crippen molar-refractivity contribution in [3.05, 3.63) is 47.1 Å². The Morgan fingerprint density at radius 1 is 1.27 bits per heavy atom. The number of amides is 1. The SMILES string of the molecule is Cl.NC(CNC(=O)c1ccc(-c2ccc(F)cc2)s1)C1CC1. The summed E-state index contributed by atoms with van der Waals surface area (Å²) in [7, 11) is 0. The van der Waals surface area contributed by atoms with Crippen molar-refractivity contribution < 1.29 is 9.18 Å². The number of carbonyl (C=O) groups excluding carboxylic acids is 1. The standard InChI is InChI=1S/C16H17FN2OS.ClH/c17-12-5-3-11(4-6-12)14-7-8-15(21-14)16(20)19-9-13(18)10-1-2-10;/h3-8,10,13H,1-2,9,18H2,(H,19,20);1H. The van der Waals surface area contributed by atoms with Gasteiger partial charge in [0.15, 0.2) is 0 Å². The van der Waals surface area contributed by atoms with Gasteiger partial charge < -0.3 is 11.1 Å². The van der Waals surface area contributed by atoms with E-state index < -0.39 is 0 Å². The predicted octanol–water partition coefficient (Wildman–Crippen LogP) is 3.44. The highest BCUT2D eigenvalue weighted by atomic mass is 35.5. The maximum Gasteiger partial charge on any atom is 0.261 e. The van der Waals surface area contributed by atoms with Crippen LogP contribution in [0.25, 0.3) is 10.4 Å². The summed E-state index contributed by atoms with van der Waals surface area (Å²) >= 11 is 1.40. The molecule has 3 rings (SSSR count). The number of nitrogens with two attached hydrogens (primary N) is 1. The first-order chi connectivity index (χ1) is 10.1. The molecule has 0 bridgehead atoms. The van der Waals surface area contributed by atoms with Crippen LogP contribution in [0.4, 0.5) is 4.39 Å². The first kappa shape index (κ1) is 16.9. The highest BCUT2D eigenvalue weighted by Gasteiger charge is 2.28. The van der Waals surface area contributed by atoms with Gasteiger partial charge in [-0.2, -0.15) is 0 Å². The lowest BCUT2D eigenvalue weighted by Gasteiger charge is -2.10. The topological polar surface area (TPSA) is 55.1 Å². The summed E-state index contributed by atoms with van der Waals surface area (Å²) in [6, 6.07) is 10.0. The van der Waals surface area contributed by atoms with E-state index in [4.69, 9.17) is 5.73 Å². The number of carbonyl (C=O) groups is 1. The fraction of sp³-hybridized carbons (Fsp3) is 0.312. The van der Waals surface area contributed by atoms with Crippen molar-refractivity contribution in [3.63, 3.8) is 0 Å². The van der Waals surface area contributed by atoms with Crippen molar-refractivity contribution in [2.24, 2.45) is 11.7 Å². The maximum absolute atomic E-state index is 12.9. The van der Waals surface area contributed by atoms with Crippen LogP contribution in [0.5, 0.6) is 0 Å². The quantitative estimate of drug-likeness (QED) is 0.876. The van der Waals surface area contributed by atoms with Gasteiger partial charge in [0.25, 0.3) is 5.91 Å². The van der Waals surface area contributed by atoms with Gasteiger partial charge in [-0.1, -0.05) is 12.1 Å². The number of nitrogens with one attached hydrogen (secondary N) is 1. The number of thiophene rings is 1. The van der Waals surface area contributed by atoms with Gasteiger partial charge >= 0.3 is 0 Å². The number of halogens is 2. The molecule has 1 aromatic carbocycles. The molecule has 118 valence electrons. The Hall–Kier alpha value is -1.43. The van der Waals surface area contributed by atoms with Gasteiger partial charge in [0.05, 0.1) is 4.88 Å². The van der Waals surface area contributed by atoms with E-state index in [1.807, 2.05) is 6.07 Å². The summed E-state index contributed by atoms with van der Waals surface area (Å²) in [4.78, 5) is 13.7. The van der Waals surface area contributed by atoms with Crippen molar-refractivity contribution in [2.75, 3.05) is 6.54 Å². The molecule has 0 radical (unpaired) electrons. The molecular weight excluding hydrogens is 323 g/mol. The average Bonchev–Trinajstić information content (AvgIpc) is 3.23. The molecular formula is C16H18ClFN2OS. The van der Waals surface area contributed by atoms with Gasteiger partial charge in [0.1, 0.15) is 5.82 Å². The maximum atomic E-state index is 12.9. The second kappa shape index (κ2) is 7.22. The van der Waals surface area contributed by atoms with Crippen LogP contribution in [0, 0.1) is 11.7 Å². The summed E-state index contributed by atoms with van der Waals surface area (Å²) in [6.07, 6.45) is 2.34. The molecule has 1 heterocycles. The van der Waals surface area contributed by atoms with Crippen molar-refractivity contribution in [2.45, 2.75) is 18.9 Å². The van der Waals surface area contributed by atoms with Gasteiger partial charge in [0.2, 0.25) is 0 Å². The lowest BCUT2D eigenvalue weighted by molar-refractivity contribution is 0.0954. The average molecular weight is 341 g/mol. The first-order valence-electron chi connectivity index (χ1n) is 7.03. The second-order valence-electron chi connectivity index (χ2n) is 5.38. The largest absolute Gasteiger partial charge is 0.350 e. The van der Waals surface area contributed by atoms with Crippen LogP contribution in [0.15, 0.2) is 36.4 Å². The van der Waals surface area contributed by atoms with Gasteiger partial charge in [0, 0.05) is 17.5 Å². The van der Waals surface area contributed by atoms with Gasteiger partial charge in [-0.15, -0.1) is 23.7 Å². The Bertz CT molecular complexity index is 640. The van der Waals surface area contributed by atoms with Gasteiger partial charge in [-0.3, -0.25) is 4.79 Å². The van der Waals surface area contributed by atoms with E-state index >= 15 is 0 Å². The normalized spacial score (nSPS) is 15.0. The third kappa shape index (κ3) is 4.06. The first-order valence-corrected chi connectivity index (χ1v) is 7.84. The highest BCUT2D eigenvalue weighted by Crippen LogP contribution is 2.31. The molecule has 1 saturated carbocycles. The van der Waals surface area contributed by atoms with Crippen LogP contribution in [-0.4, -0.2) is 18.5 Å². The minimum Gasteiger partial charge on any atom is -0.350 e. The van der Waals surface area contributed by atoms with Gasteiger partial charge in [-0.25, -0.2) is 4.39 Å². The molecule has 1 fully saturated rings. The molecule has 2 aromatic rings. The Balaban J connectivity index is 0.00000176. The Morgan fingerprint density at radius 3 is 2.59 bits per heavy atom. The number of hydrogen-bond acceptors (Lipinski definition) is 3. The van der Waals surface area contributed by atoms with E-state index in [2.05, 4.69) is 5.32 Å². The highest BCUT2D eigenvalue weighted by molar-refractivity contribution is 7.17. The molecule has 1 atom stereocenters. The van der Waals surface area contributed by atoms with E-state index in [9.17, 15) is 9.18 Å². The van der Waals surface area contributed by atoms with Crippen LogP contribution in [0.2, 0.25) is 0 Å². The monoisotopic (exact) mass is 340 g/mol. The molecule has 0 saturated heterocycles. The van der Waals surface area contributed by atoms with E-state index in [0.29, 0.717) is 17.3 Å². The number of benzene rings is 1. The zero-order chi connectivity index (χ0) is 14.8. The molecule has 1 unspecified atom stereocenters. The summed E-state index contributed by atoms with van der Waals surface area (Å²) in [5.41, 5.74) is 6.88. The fourth-order valence-corrected chi connectivity index (χ4v) is 3.15. The lowest BCUT2D eigenvalue weighted by atomic mass is 10.2. The Morgan fingerprint density at radius 2 is 1.95 bits per heavy atom. The fourth-order valence-electron chi connectivity index (χ4n) is 2.22. The van der Waals surface area contributed by atoms with Crippen molar-refractivity contribution >= 4 is 29.7 Å². The van der Waals surface area contributed by atoms with Crippen LogP contribution in [-0.2, 0) is 0 Å². The predicted molar refractivity (Wildman–Crippen MR) is 90.0 cm³/mol. The molecule has 1 aliphatic carbocycles. The third-order valence-corrected chi connectivity index (χ3v) is 4.82. The van der Waals surface area contributed by atoms with E-state index in [0.717, 1.165) is 10.4 Å². The van der Waals surface area contributed by atoms with Crippen molar-refractivity contribution in [1.29, 1.82) is 0 Å². The summed E-state index contributed by atoms with van der Waals surface area (Å²) in [5, 5.41) is 2.88. The van der Waals surface area contributed by atoms with E-state index in [1.165, 1.54) is 36.3 Å². The Kier molecular flexibility index (Phi) is 5.56. The molecule has 1 aliphatic rings. The van der Waals surface area contributed by atoms with Crippen LogP contribution in [0.1, 0.15) is 22.5 Å². The minimum atomic E-state index is -0.262. The zero-order valence-corrected chi connectivity index (χ0v) is 13.6. The van der Waals surface area contributed by atoms with Crippen LogP contribution >= 0.6 is 23.7 Å². The minimum absolute atomic E-state index is 0. The summed E-state index contributed by atoms with van der Waals surface area (Å²) < 4.78 is 12.9. The summed E-state index contributed by atoms with van der Waals surface area (Å²) in [5.74, 6) is 0.218. The molecule has 6 heteroatoms. The number of hydrogen-bond donors (Lipinski definition) is 2. The molecule has 0 aliphatic heterocycles. The van der Waals surface area contributed by atoms with Crippen LogP contribution < -0.4 is 11.1 Å². The molecule has 1 aromatic heterocycles. The molecule has 22 heavy (non-hydrogen) atoms. The Labute approximate surface area is 139 Å². The third-order valence-electron chi connectivity index (χ3n) is 3.68. The van der Waals surface area contributed by atoms with Gasteiger partial charge in [-0.05, 0) is 48.6 Å². The van der Waals surface area contributed by atoms with E-state index in [-0.39, 0.29) is 30.2 Å². The zero-order valence-electron chi connectivity index (χ0n) is 11.9. The summed E-state index contributed by atoms with van der Waals surface area (Å²) in [6.45, 7) is 0.521. The smallest absolute Gasteiger partial charge is 0.261 e. The lowest BCUT2D eigenvalue weighted by Crippen LogP contribution is -2.38. The second-order valence-corrected chi connectivity index (χ2v) is 6.47. The van der Waals surface area contributed by atoms with Crippen LogP contribution in [0.3, 0.4) is 0 Å². The molecule has 0 spiro atoms. The molecule has 3 N–H and O–H groups in total. The number of rotatable bonds is 5. The van der Waals surface area contributed by atoms with Crippen molar-refractivity contribution in [3.8, 4) is 10.4 Å². The van der Waals surface area contributed by atoms with E-state index in [1.54, 1.807) is 18.2 Å².